The van der Waals surface area contributed by atoms with E-state index in [4.69, 9.17) is 9.47 Å². The maximum absolute atomic E-state index is 13.4. The summed E-state index contributed by atoms with van der Waals surface area (Å²) in [4.78, 5) is 27.8. The summed E-state index contributed by atoms with van der Waals surface area (Å²) in [7, 11) is 0. The Hall–Kier alpha value is -3.12. The van der Waals surface area contributed by atoms with E-state index < -0.39 is 11.2 Å². The lowest BCUT2D eigenvalue weighted by atomic mass is 9.89. The molecule has 2 fully saturated rings. The molecule has 0 bridgehead atoms. The molecule has 2 atom stereocenters. The highest BCUT2D eigenvalue weighted by atomic mass is 16.6. The molecule has 0 aliphatic heterocycles. The average molecular weight is 589 g/mol. The second-order valence-corrected chi connectivity index (χ2v) is 14.6. The minimum Gasteiger partial charge on any atom is -0.456 e. The van der Waals surface area contributed by atoms with Gasteiger partial charge < -0.3 is 19.7 Å². The molecule has 2 saturated carbocycles. The smallest absolute Gasteiger partial charge is 0.410 e. The second-order valence-electron chi connectivity index (χ2n) is 14.6. The summed E-state index contributed by atoms with van der Waals surface area (Å²) in [5.41, 5.74) is 3.16. The Morgan fingerprint density at radius 3 is 2.05 bits per heavy atom. The largest absolute Gasteiger partial charge is 0.456 e. The number of hydrogen-bond donors (Lipinski definition) is 1. The van der Waals surface area contributed by atoms with Crippen LogP contribution in [0.1, 0.15) is 109 Å². The van der Waals surface area contributed by atoms with Crippen molar-refractivity contribution in [2.24, 2.45) is 11.8 Å². The van der Waals surface area contributed by atoms with Gasteiger partial charge in [0, 0.05) is 24.7 Å². The molecule has 6 heteroatoms. The van der Waals surface area contributed by atoms with E-state index in [9.17, 15) is 9.59 Å². The fraction of sp³-hybridized carbons (Fsp3) is 0.568. The maximum Gasteiger partial charge on any atom is 0.410 e. The Labute approximate surface area is 259 Å². The van der Waals surface area contributed by atoms with E-state index in [2.05, 4.69) is 55.6 Å². The summed E-state index contributed by atoms with van der Waals surface area (Å²) < 4.78 is 11.3. The number of esters is 1. The third-order valence-electron chi connectivity index (χ3n) is 8.17. The zero-order chi connectivity index (χ0) is 31.4. The monoisotopic (exact) mass is 588 g/mol. The van der Waals surface area contributed by atoms with Gasteiger partial charge in [-0.15, -0.1) is 0 Å². The molecular weight excluding hydrogens is 536 g/mol. The van der Waals surface area contributed by atoms with E-state index in [1.807, 2.05) is 58.6 Å². The van der Waals surface area contributed by atoms with Crippen LogP contribution >= 0.6 is 0 Å². The van der Waals surface area contributed by atoms with Crippen molar-refractivity contribution in [1.29, 1.82) is 0 Å². The van der Waals surface area contributed by atoms with Gasteiger partial charge in [0.25, 0.3) is 0 Å². The molecule has 2 aromatic rings. The Morgan fingerprint density at radius 1 is 0.884 bits per heavy atom. The normalized spacial score (nSPS) is 22.7. The number of benzene rings is 2. The molecule has 43 heavy (non-hydrogen) atoms. The van der Waals surface area contributed by atoms with Gasteiger partial charge >= 0.3 is 12.1 Å². The first-order valence-corrected chi connectivity index (χ1v) is 16.0. The number of hydrogen-bond acceptors (Lipinski definition) is 5. The van der Waals surface area contributed by atoms with Crippen molar-refractivity contribution < 1.29 is 19.1 Å². The fourth-order valence-corrected chi connectivity index (χ4v) is 5.99. The van der Waals surface area contributed by atoms with Crippen molar-refractivity contribution in [2.75, 3.05) is 0 Å². The molecule has 0 aromatic heterocycles. The van der Waals surface area contributed by atoms with Gasteiger partial charge in [-0.2, -0.15) is 0 Å². The molecule has 0 spiro atoms. The Bertz CT molecular complexity index is 1250. The van der Waals surface area contributed by atoms with Crippen LogP contribution in [0.4, 0.5) is 4.79 Å². The summed E-state index contributed by atoms with van der Waals surface area (Å²) in [5.74, 6) is 0.774. The van der Waals surface area contributed by atoms with Gasteiger partial charge in [-0.3, -0.25) is 0 Å². The minimum absolute atomic E-state index is 0.109. The number of carbonyl (C=O) groups is 2. The van der Waals surface area contributed by atoms with Crippen LogP contribution in [-0.4, -0.2) is 46.3 Å². The zero-order valence-corrected chi connectivity index (χ0v) is 27.5. The molecule has 1 amide bonds. The Kier molecular flexibility index (Phi) is 10.4. The first-order chi connectivity index (χ1) is 20.2. The van der Waals surface area contributed by atoms with Crippen LogP contribution < -0.4 is 5.32 Å². The Balaban J connectivity index is 1.36. The minimum atomic E-state index is -0.572. The number of amides is 1. The number of carbonyl (C=O) groups excluding carboxylic acids is 2. The quantitative estimate of drug-likeness (QED) is 0.298. The average Bonchev–Trinajstić information content (AvgIpc) is 3.68. The van der Waals surface area contributed by atoms with Gasteiger partial charge in [-0.1, -0.05) is 68.0 Å². The molecule has 0 unspecified atom stereocenters. The highest BCUT2D eigenvalue weighted by Crippen LogP contribution is 2.42. The summed E-state index contributed by atoms with van der Waals surface area (Å²) >= 11 is 0. The van der Waals surface area contributed by atoms with Crippen LogP contribution in [0.25, 0.3) is 6.08 Å². The third kappa shape index (κ3) is 9.96. The molecule has 0 heterocycles. The number of nitrogens with one attached hydrogen (secondary N) is 1. The Morgan fingerprint density at radius 2 is 1.49 bits per heavy atom. The molecule has 2 aliphatic carbocycles. The van der Waals surface area contributed by atoms with Gasteiger partial charge in [0.05, 0.1) is 5.56 Å². The predicted molar refractivity (Wildman–Crippen MR) is 174 cm³/mol. The molecule has 0 radical (unpaired) electrons. The topological polar surface area (TPSA) is 67.9 Å². The van der Waals surface area contributed by atoms with Gasteiger partial charge in [0.15, 0.2) is 0 Å². The lowest BCUT2D eigenvalue weighted by Gasteiger charge is -2.38. The van der Waals surface area contributed by atoms with E-state index in [0.29, 0.717) is 36.0 Å². The van der Waals surface area contributed by atoms with E-state index in [0.717, 1.165) is 31.2 Å². The van der Waals surface area contributed by atoms with Crippen LogP contribution in [0.15, 0.2) is 60.2 Å². The lowest BCUT2D eigenvalue weighted by Crippen LogP contribution is -2.47. The highest BCUT2D eigenvalue weighted by Gasteiger charge is 2.42. The van der Waals surface area contributed by atoms with Crippen molar-refractivity contribution >= 4 is 18.1 Å². The van der Waals surface area contributed by atoms with Crippen molar-refractivity contribution in [1.82, 2.24) is 10.2 Å². The van der Waals surface area contributed by atoms with Crippen LogP contribution in [0.2, 0.25) is 0 Å². The standard InChI is InChI=1S/C37H52N2O4/c1-25(2)31(22-26-12-10-9-11-13-26)32-23-33(32)38-29-18-20-30(21-19-29)39(35(41)43-37(6,7)8)24-27-14-16-28(17-15-27)34(40)42-36(3,4)5/h9-17,22,25,29-30,32-33,38H,18-21,23-24H2,1-8H3/b31-22+/t29-,30-,32-,33+/m0/s1. The summed E-state index contributed by atoms with van der Waals surface area (Å²) in [6.07, 6.45) is 7.22. The van der Waals surface area contributed by atoms with Gasteiger partial charge in [-0.05, 0) is 109 Å². The summed E-state index contributed by atoms with van der Waals surface area (Å²) in [6, 6.07) is 19.1. The van der Waals surface area contributed by atoms with Crippen LogP contribution in [-0.2, 0) is 16.0 Å². The van der Waals surface area contributed by atoms with E-state index in [1.54, 1.807) is 12.1 Å². The van der Waals surface area contributed by atoms with E-state index in [1.165, 1.54) is 17.6 Å². The highest BCUT2D eigenvalue weighted by molar-refractivity contribution is 5.89. The first-order valence-electron chi connectivity index (χ1n) is 16.0. The van der Waals surface area contributed by atoms with Crippen molar-refractivity contribution in [2.45, 2.75) is 123 Å². The van der Waals surface area contributed by atoms with Gasteiger partial charge in [0.2, 0.25) is 0 Å². The number of rotatable bonds is 9. The first kappa shape index (κ1) is 32.8. The molecule has 0 saturated heterocycles. The fourth-order valence-electron chi connectivity index (χ4n) is 5.99. The van der Waals surface area contributed by atoms with Crippen molar-refractivity contribution in [3.05, 3.63) is 76.9 Å². The van der Waals surface area contributed by atoms with Gasteiger partial charge in [-0.25, -0.2) is 9.59 Å². The maximum atomic E-state index is 13.4. The molecular formula is C37H52N2O4. The molecule has 234 valence electrons. The zero-order valence-electron chi connectivity index (χ0n) is 27.5. The molecule has 2 aliphatic rings. The third-order valence-corrected chi connectivity index (χ3v) is 8.17. The van der Waals surface area contributed by atoms with Crippen molar-refractivity contribution in [3.8, 4) is 0 Å². The second kappa shape index (κ2) is 13.7. The molecule has 4 rings (SSSR count). The molecule has 6 nitrogen and oxygen atoms in total. The van der Waals surface area contributed by atoms with Crippen molar-refractivity contribution in [3.63, 3.8) is 0 Å². The lowest BCUT2D eigenvalue weighted by molar-refractivity contribution is 0.00616. The number of nitrogens with zero attached hydrogens (tertiary/aromatic N) is 1. The molecule has 1 N–H and O–H groups in total. The van der Waals surface area contributed by atoms with Crippen LogP contribution in [0.3, 0.4) is 0 Å². The molecule has 2 aromatic carbocycles. The van der Waals surface area contributed by atoms with Crippen LogP contribution in [0, 0.1) is 11.8 Å². The number of ether oxygens (including phenoxy) is 2. The van der Waals surface area contributed by atoms with E-state index in [-0.39, 0.29) is 18.1 Å². The predicted octanol–water partition coefficient (Wildman–Crippen LogP) is 8.41. The van der Waals surface area contributed by atoms with E-state index >= 15 is 0 Å². The summed E-state index contributed by atoms with van der Waals surface area (Å²) in [5, 5.41) is 3.95. The SMILES string of the molecule is CC(C)/C(=C\c1ccccc1)[C@@H]1C[C@H]1N[C@H]1CC[C@H](N(Cc2ccc(C(=O)OC(C)(C)C)cc2)C(=O)OC(C)(C)C)CC1. The summed E-state index contributed by atoms with van der Waals surface area (Å²) in [6.45, 7) is 16.3. The van der Waals surface area contributed by atoms with Gasteiger partial charge in [0.1, 0.15) is 11.2 Å². The van der Waals surface area contributed by atoms with Crippen LogP contribution in [0.5, 0.6) is 0 Å².